The van der Waals surface area contributed by atoms with Crippen molar-refractivity contribution in [3.05, 3.63) is 181 Å². The van der Waals surface area contributed by atoms with Crippen LogP contribution in [0, 0.1) is 0 Å². The summed E-state index contributed by atoms with van der Waals surface area (Å²) in [5.74, 6) is 0. The van der Waals surface area contributed by atoms with Gasteiger partial charge in [0.1, 0.15) is 0 Å². The molecule has 0 saturated heterocycles. The molecule has 1 aliphatic carbocycles. The van der Waals surface area contributed by atoms with E-state index < -0.39 is 0 Å². The van der Waals surface area contributed by atoms with Gasteiger partial charge in [-0.25, -0.2) is 0 Å². The second kappa shape index (κ2) is 10.2. The van der Waals surface area contributed by atoms with E-state index in [1.807, 2.05) is 0 Å². The van der Waals surface area contributed by atoms with Crippen molar-refractivity contribution in [1.82, 2.24) is 9.13 Å². The smallest absolute Gasteiger partial charge is 0.0547 e. The Morgan fingerprint density at radius 3 is 1.42 bits per heavy atom. The van der Waals surface area contributed by atoms with Crippen molar-refractivity contribution in [2.45, 2.75) is 19.3 Å². The van der Waals surface area contributed by atoms with Crippen LogP contribution in [-0.2, 0) is 5.41 Å². The first kappa shape index (κ1) is 29.0. The molecule has 0 spiro atoms. The van der Waals surface area contributed by atoms with E-state index in [4.69, 9.17) is 0 Å². The molecule has 2 heterocycles. The number of aromatic nitrogens is 2. The molecule has 9 aromatic carbocycles. The molecular weight excluding hydrogens is 641 g/mol. The fraction of sp³-hybridized carbons (Fsp3) is 0.0588. The highest BCUT2D eigenvalue weighted by Gasteiger charge is 2.35. The molecule has 12 rings (SSSR count). The predicted molar refractivity (Wildman–Crippen MR) is 225 cm³/mol. The molecule has 1 aliphatic rings. The second-order valence-corrected chi connectivity index (χ2v) is 15.3. The van der Waals surface area contributed by atoms with Gasteiger partial charge in [-0.05, 0) is 115 Å². The minimum absolute atomic E-state index is 0.0790. The summed E-state index contributed by atoms with van der Waals surface area (Å²) in [4.78, 5) is 0. The fourth-order valence-electron chi connectivity index (χ4n) is 9.86. The molecule has 0 amide bonds. The summed E-state index contributed by atoms with van der Waals surface area (Å²) >= 11 is 0. The van der Waals surface area contributed by atoms with Crippen LogP contribution in [0.3, 0.4) is 0 Å². The largest absolute Gasteiger partial charge is 0.309 e. The van der Waals surface area contributed by atoms with Crippen molar-refractivity contribution in [1.29, 1.82) is 0 Å². The SMILES string of the molecule is CC1(C)c2ccccc2-c2cc3c4ccccc4c4cc5c6ccccc6n(-c6cccc(-n7c8ccccc8c8ccccc87)c6)c5cc4c3cc21. The molecule has 0 N–H and O–H groups in total. The topological polar surface area (TPSA) is 9.86 Å². The van der Waals surface area contributed by atoms with Crippen LogP contribution in [-0.4, -0.2) is 9.13 Å². The zero-order chi connectivity index (χ0) is 35.0. The van der Waals surface area contributed by atoms with Crippen molar-refractivity contribution in [2.24, 2.45) is 0 Å². The lowest BCUT2D eigenvalue weighted by Crippen LogP contribution is -2.14. The van der Waals surface area contributed by atoms with E-state index in [1.54, 1.807) is 0 Å². The van der Waals surface area contributed by atoms with Crippen LogP contribution in [0.5, 0.6) is 0 Å². The molecule has 2 nitrogen and oxygen atoms in total. The van der Waals surface area contributed by atoms with Gasteiger partial charge >= 0.3 is 0 Å². The lowest BCUT2D eigenvalue weighted by molar-refractivity contribution is 0.661. The van der Waals surface area contributed by atoms with E-state index in [9.17, 15) is 0 Å². The first-order chi connectivity index (χ1) is 26.1. The summed E-state index contributed by atoms with van der Waals surface area (Å²) in [6.45, 7) is 4.76. The normalized spacial score (nSPS) is 13.6. The number of para-hydroxylation sites is 3. The van der Waals surface area contributed by atoms with E-state index >= 15 is 0 Å². The summed E-state index contributed by atoms with van der Waals surface area (Å²) in [6.07, 6.45) is 0. The Bertz CT molecular complexity index is 3320. The maximum absolute atomic E-state index is 2.52. The number of fused-ring (bicyclic) bond motifs is 15. The van der Waals surface area contributed by atoms with Gasteiger partial charge in [0.15, 0.2) is 0 Å². The van der Waals surface area contributed by atoms with E-state index in [0.29, 0.717) is 0 Å². The average molecular weight is 675 g/mol. The summed E-state index contributed by atoms with van der Waals surface area (Å²) in [7, 11) is 0. The van der Waals surface area contributed by atoms with Gasteiger partial charge in [0.05, 0.1) is 22.1 Å². The van der Waals surface area contributed by atoms with Crippen molar-refractivity contribution in [2.75, 3.05) is 0 Å². The van der Waals surface area contributed by atoms with Crippen LogP contribution < -0.4 is 0 Å². The molecule has 0 atom stereocenters. The lowest BCUT2D eigenvalue weighted by Gasteiger charge is -2.22. The Labute approximate surface area is 306 Å². The molecule has 0 aliphatic heterocycles. The number of rotatable bonds is 2. The van der Waals surface area contributed by atoms with Gasteiger partial charge in [-0.3, -0.25) is 0 Å². The van der Waals surface area contributed by atoms with E-state index in [1.165, 1.54) is 98.2 Å². The molecular formula is C51H34N2. The van der Waals surface area contributed by atoms with Crippen LogP contribution in [0.25, 0.3) is 98.4 Å². The van der Waals surface area contributed by atoms with Crippen LogP contribution in [0.2, 0.25) is 0 Å². The maximum Gasteiger partial charge on any atom is 0.0547 e. The van der Waals surface area contributed by atoms with Gasteiger partial charge in [-0.15, -0.1) is 0 Å². The quantitative estimate of drug-likeness (QED) is 0.162. The van der Waals surface area contributed by atoms with Crippen LogP contribution in [0.15, 0.2) is 170 Å². The first-order valence-electron chi connectivity index (χ1n) is 18.6. The maximum atomic E-state index is 2.52. The van der Waals surface area contributed by atoms with Gasteiger partial charge in [-0.1, -0.05) is 123 Å². The Hall–Kier alpha value is -6.64. The number of nitrogens with zero attached hydrogens (tertiary/aromatic N) is 2. The molecule has 0 saturated carbocycles. The predicted octanol–water partition coefficient (Wildman–Crippen LogP) is 13.6. The molecule has 0 bridgehead atoms. The van der Waals surface area contributed by atoms with Crippen LogP contribution in [0.1, 0.15) is 25.0 Å². The molecule has 248 valence electrons. The van der Waals surface area contributed by atoms with E-state index in [0.717, 1.165) is 11.4 Å². The second-order valence-electron chi connectivity index (χ2n) is 15.3. The Morgan fingerprint density at radius 1 is 0.302 bits per heavy atom. The average Bonchev–Trinajstić information content (AvgIpc) is 3.80. The first-order valence-corrected chi connectivity index (χ1v) is 18.6. The highest BCUT2D eigenvalue weighted by atomic mass is 15.0. The zero-order valence-corrected chi connectivity index (χ0v) is 29.6. The van der Waals surface area contributed by atoms with Crippen molar-refractivity contribution in [3.8, 4) is 22.5 Å². The van der Waals surface area contributed by atoms with Gasteiger partial charge in [0.2, 0.25) is 0 Å². The number of hydrogen-bond acceptors (Lipinski definition) is 0. The van der Waals surface area contributed by atoms with E-state index in [-0.39, 0.29) is 5.41 Å². The molecule has 0 fully saturated rings. The lowest BCUT2D eigenvalue weighted by atomic mass is 9.81. The summed E-state index contributed by atoms with van der Waals surface area (Å²) in [5, 5.41) is 12.9. The third-order valence-electron chi connectivity index (χ3n) is 12.3. The minimum Gasteiger partial charge on any atom is -0.309 e. The fourth-order valence-corrected chi connectivity index (χ4v) is 9.86. The van der Waals surface area contributed by atoms with Gasteiger partial charge in [0.25, 0.3) is 0 Å². The Balaban J connectivity index is 1.18. The molecule has 2 heteroatoms. The monoisotopic (exact) mass is 674 g/mol. The number of benzene rings is 9. The Morgan fingerprint density at radius 2 is 0.774 bits per heavy atom. The van der Waals surface area contributed by atoms with Crippen molar-refractivity contribution in [3.63, 3.8) is 0 Å². The molecule has 0 radical (unpaired) electrons. The summed E-state index contributed by atoms with van der Waals surface area (Å²) in [6, 6.07) is 63.4. The third kappa shape index (κ3) is 3.77. The Kier molecular flexibility index (Phi) is 5.60. The van der Waals surface area contributed by atoms with Crippen LogP contribution >= 0.6 is 0 Å². The molecule has 2 aromatic heterocycles. The van der Waals surface area contributed by atoms with Crippen LogP contribution in [0.4, 0.5) is 0 Å². The van der Waals surface area contributed by atoms with Gasteiger partial charge < -0.3 is 9.13 Å². The molecule has 53 heavy (non-hydrogen) atoms. The molecule has 0 unspecified atom stereocenters. The number of hydrogen-bond donors (Lipinski definition) is 0. The third-order valence-corrected chi connectivity index (χ3v) is 12.3. The summed E-state index contributed by atoms with van der Waals surface area (Å²) < 4.78 is 4.90. The highest BCUT2D eigenvalue weighted by Crippen LogP contribution is 2.52. The van der Waals surface area contributed by atoms with Crippen molar-refractivity contribution < 1.29 is 0 Å². The van der Waals surface area contributed by atoms with E-state index in [2.05, 4.69) is 193 Å². The zero-order valence-electron chi connectivity index (χ0n) is 29.6. The standard InChI is InChI=1S/C51H34N2/c1-51(2)45-22-9-5-18-35(45)43-27-39-33-16-3-4-17-34(33)40-28-44-38-21-8-12-25-49(38)53(50(44)30-42(40)41(39)29-46(43)51)32-15-13-14-31(26-32)52-47-23-10-6-19-36(47)37-20-7-11-24-48(37)52/h3-30H,1-2H3. The highest BCUT2D eigenvalue weighted by molar-refractivity contribution is 6.29. The summed E-state index contributed by atoms with van der Waals surface area (Å²) in [5.41, 5.74) is 12.6. The molecule has 11 aromatic rings. The van der Waals surface area contributed by atoms with Gasteiger partial charge in [0, 0.05) is 38.3 Å². The minimum atomic E-state index is -0.0790. The van der Waals surface area contributed by atoms with Crippen molar-refractivity contribution >= 4 is 75.9 Å². The van der Waals surface area contributed by atoms with Gasteiger partial charge in [-0.2, -0.15) is 0 Å².